The zero-order valence-electron chi connectivity index (χ0n) is 7.91. The third kappa shape index (κ3) is 2.02. The van der Waals surface area contributed by atoms with Crippen molar-refractivity contribution in [3.63, 3.8) is 0 Å². The SMILES string of the molecule is NCCC1CCCCC1(F)C(F)(F)F. The number of hydrogen-bond acceptors (Lipinski definition) is 1. The van der Waals surface area contributed by atoms with E-state index in [0.717, 1.165) is 0 Å². The lowest BCUT2D eigenvalue weighted by atomic mass is 9.74. The summed E-state index contributed by atoms with van der Waals surface area (Å²) in [6, 6.07) is 0. The Bertz CT molecular complexity index is 190. The summed E-state index contributed by atoms with van der Waals surface area (Å²) in [7, 11) is 0. The molecule has 2 N–H and O–H groups in total. The fourth-order valence-corrected chi connectivity index (χ4v) is 2.15. The van der Waals surface area contributed by atoms with E-state index in [2.05, 4.69) is 0 Å². The quantitative estimate of drug-likeness (QED) is 0.701. The van der Waals surface area contributed by atoms with Gasteiger partial charge in [0, 0.05) is 5.92 Å². The van der Waals surface area contributed by atoms with Crippen LogP contribution in [0.4, 0.5) is 17.6 Å². The molecule has 1 aliphatic rings. The third-order valence-corrected chi connectivity index (χ3v) is 2.98. The molecule has 2 unspecified atom stereocenters. The van der Waals surface area contributed by atoms with Gasteiger partial charge in [-0.3, -0.25) is 0 Å². The van der Waals surface area contributed by atoms with Gasteiger partial charge >= 0.3 is 6.18 Å². The van der Waals surface area contributed by atoms with E-state index in [-0.39, 0.29) is 13.0 Å². The molecule has 0 bridgehead atoms. The Morgan fingerprint density at radius 2 is 1.93 bits per heavy atom. The van der Waals surface area contributed by atoms with Crippen LogP contribution in [0.15, 0.2) is 0 Å². The number of rotatable bonds is 2. The smallest absolute Gasteiger partial charge is 0.330 e. The monoisotopic (exact) mass is 213 g/mol. The summed E-state index contributed by atoms with van der Waals surface area (Å²) in [6.45, 7) is 0.117. The summed E-state index contributed by atoms with van der Waals surface area (Å²) in [5, 5.41) is 0. The minimum atomic E-state index is -4.74. The number of alkyl halides is 4. The summed E-state index contributed by atoms with van der Waals surface area (Å²) >= 11 is 0. The Morgan fingerprint density at radius 3 is 2.43 bits per heavy atom. The molecule has 1 aliphatic carbocycles. The highest BCUT2D eigenvalue weighted by atomic mass is 19.4. The van der Waals surface area contributed by atoms with Crippen molar-refractivity contribution in [1.82, 2.24) is 0 Å². The largest absolute Gasteiger partial charge is 0.422 e. The molecule has 1 nitrogen and oxygen atoms in total. The predicted molar refractivity (Wildman–Crippen MR) is 45.5 cm³/mol. The third-order valence-electron chi connectivity index (χ3n) is 2.98. The van der Waals surface area contributed by atoms with Gasteiger partial charge in [0.2, 0.25) is 5.67 Å². The summed E-state index contributed by atoms with van der Waals surface area (Å²) in [5.41, 5.74) is 2.19. The number of nitrogens with two attached hydrogens (primary N) is 1. The van der Waals surface area contributed by atoms with Crippen LogP contribution < -0.4 is 5.73 Å². The van der Waals surface area contributed by atoms with Crippen molar-refractivity contribution < 1.29 is 17.6 Å². The van der Waals surface area contributed by atoms with Crippen molar-refractivity contribution in [3.05, 3.63) is 0 Å². The second-order valence-electron chi connectivity index (χ2n) is 3.88. The molecule has 2 atom stereocenters. The second kappa shape index (κ2) is 4.04. The second-order valence-corrected chi connectivity index (χ2v) is 3.88. The normalized spacial score (nSPS) is 34.5. The first-order valence-electron chi connectivity index (χ1n) is 4.87. The standard InChI is InChI=1S/C9H15F4N/c10-8(9(11,12)13)5-2-1-3-7(8)4-6-14/h7H,1-6,14H2. The Balaban J connectivity index is 2.79. The van der Waals surface area contributed by atoms with Crippen LogP contribution in [0.25, 0.3) is 0 Å². The van der Waals surface area contributed by atoms with E-state index >= 15 is 0 Å². The number of hydrogen-bond donors (Lipinski definition) is 1. The lowest BCUT2D eigenvalue weighted by Gasteiger charge is -2.38. The van der Waals surface area contributed by atoms with Gasteiger partial charge in [0.25, 0.3) is 0 Å². The maximum atomic E-state index is 13.8. The molecule has 1 fully saturated rings. The highest BCUT2D eigenvalue weighted by Crippen LogP contribution is 2.49. The maximum absolute atomic E-state index is 13.8. The molecule has 1 saturated carbocycles. The molecule has 0 radical (unpaired) electrons. The molecule has 0 aliphatic heterocycles. The molecular formula is C9H15F4N. The van der Waals surface area contributed by atoms with E-state index in [1.165, 1.54) is 0 Å². The molecular weight excluding hydrogens is 198 g/mol. The van der Waals surface area contributed by atoms with Gasteiger partial charge in [-0.1, -0.05) is 6.42 Å². The lowest BCUT2D eigenvalue weighted by Crippen LogP contribution is -2.49. The fourth-order valence-electron chi connectivity index (χ4n) is 2.15. The van der Waals surface area contributed by atoms with Gasteiger partial charge in [0.1, 0.15) is 0 Å². The van der Waals surface area contributed by atoms with Crippen molar-refractivity contribution in [3.8, 4) is 0 Å². The Hall–Kier alpha value is -0.320. The number of halogens is 4. The first-order valence-corrected chi connectivity index (χ1v) is 4.87. The van der Waals surface area contributed by atoms with E-state index in [1.54, 1.807) is 0 Å². The zero-order chi connectivity index (χ0) is 10.8. The Morgan fingerprint density at radius 1 is 1.29 bits per heavy atom. The minimum absolute atomic E-state index is 0.117. The van der Waals surface area contributed by atoms with E-state index in [9.17, 15) is 17.6 Å². The van der Waals surface area contributed by atoms with Gasteiger partial charge in [-0.15, -0.1) is 0 Å². The van der Waals surface area contributed by atoms with Crippen molar-refractivity contribution in [2.75, 3.05) is 6.54 Å². The Kier molecular flexibility index (Phi) is 3.40. The van der Waals surface area contributed by atoms with Crippen LogP contribution in [0.2, 0.25) is 0 Å². The van der Waals surface area contributed by atoms with Gasteiger partial charge in [0.15, 0.2) is 0 Å². The molecule has 0 heterocycles. The molecule has 84 valence electrons. The molecule has 0 saturated heterocycles. The lowest BCUT2D eigenvalue weighted by molar-refractivity contribution is -0.258. The maximum Gasteiger partial charge on any atom is 0.422 e. The van der Waals surface area contributed by atoms with Crippen LogP contribution in [-0.2, 0) is 0 Å². The van der Waals surface area contributed by atoms with Crippen molar-refractivity contribution >= 4 is 0 Å². The molecule has 0 spiro atoms. The summed E-state index contributed by atoms with van der Waals surface area (Å²) in [5.74, 6) is -0.943. The highest BCUT2D eigenvalue weighted by molar-refractivity contribution is 4.96. The average molecular weight is 213 g/mol. The summed E-state index contributed by atoms with van der Waals surface area (Å²) < 4.78 is 51.2. The minimum Gasteiger partial charge on any atom is -0.330 e. The highest BCUT2D eigenvalue weighted by Gasteiger charge is 2.60. The van der Waals surface area contributed by atoms with Crippen LogP contribution in [0, 0.1) is 5.92 Å². The van der Waals surface area contributed by atoms with E-state index in [0.29, 0.717) is 19.3 Å². The van der Waals surface area contributed by atoms with Crippen LogP contribution >= 0.6 is 0 Å². The first kappa shape index (κ1) is 11.8. The molecule has 14 heavy (non-hydrogen) atoms. The van der Waals surface area contributed by atoms with Gasteiger partial charge in [-0.25, -0.2) is 4.39 Å². The zero-order valence-corrected chi connectivity index (χ0v) is 7.91. The predicted octanol–water partition coefficient (Wildman–Crippen LogP) is 2.80. The van der Waals surface area contributed by atoms with Crippen molar-refractivity contribution in [1.29, 1.82) is 0 Å². The molecule has 0 aromatic rings. The van der Waals surface area contributed by atoms with Crippen LogP contribution in [0.3, 0.4) is 0 Å². The molecule has 0 aromatic heterocycles. The van der Waals surface area contributed by atoms with Gasteiger partial charge in [0.05, 0.1) is 0 Å². The average Bonchev–Trinajstić information content (AvgIpc) is 2.07. The van der Waals surface area contributed by atoms with Gasteiger partial charge in [-0.2, -0.15) is 13.2 Å². The van der Waals surface area contributed by atoms with E-state index in [1.807, 2.05) is 0 Å². The molecule has 5 heteroatoms. The van der Waals surface area contributed by atoms with E-state index < -0.39 is 24.2 Å². The molecule has 0 aromatic carbocycles. The van der Waals surface area contributed by atoms with E-state index in [4.69, 9.17) is 5.73 Å². The molecule has 0 amide bonds. The topological polar surface area (TPSA) is 26.0 Å². The van der Waals surface area contributed by atoms with Crippen molar-refractivity contribution in [2.24, 2.45) is 11.7 Å². The summed E-state index contributed by atoms with van der Waals surface area (Å²) in [4.78, 5) is 0. The van der Waals surface area contributed by atoms with Gasteiger partial charge in [-0.05, 0) is 32.2 Å². The van der Waals surface area contributed by atoms with Crippen LogP contribution in [-0.4, -0.2) is 18.4 Å². The van der Waals surface area contributed by atoms with Gasteiger partial charge < -0.3 is 5.73 Å². The van der Waals surface area contributed by atoms with Crippen LogP contribution in [0.1, 0.15) is 32.1 Å². The van der Waals surface area contributed by atoms with Crippen LogP contribution in [0.5, 0.6) is 0 Å². The molecule has 1 rings (SSSR count). The fraction of sp³-hybridized carbons (Fsp3) is 1.00. The summed E-state index contributed by atoms with van der Waals surface area (Å²) in [6.07, 6.45) is -3.73. The first-order chi connectivity index (χ1) is 6.42. The Labute approximate surface area is 80.7 Å². The van der Waals surface area contributed by atoms with Crippen molar-refractivity contribution in [2.45, 2.75) is 43.9 Å².